The van der Waals surface area contributed by atoms with E-state index in [1.54, 1.807) is 40.6 Å². The highest BCUT2D eigenvalue weighted by Gasteiger charge is 2.29. The highest BCUT2D eigenvalue weighted by Crippen LogP contribution is 2.32. The standard InChI is InChI=1S/C27H36N4O4S2/c1-5-29(6-2)17-18-31(27-28-24-12-9-22(35-4)19-25(24)36-27)26(32)21-7-10-23(11-8-21)37(33,34)30-15-13-20(3)14-16-30/h7-12,19-20H,5-6,13-18H2,1-4H3. The van der Waals surface area contributed by atoms with Gasteiger partial charge in [-0.3, -0.25) is 9.69 Å². The van der Waals surface area contributed by atoms with E-state index >= 15 is 0 Å². The topological polar surface area (TPSA) is 83.1 Å². The molecule has 1 aliphatic heterocycles. The fraction of sp³-hybridized carbons (Fsp3) is 0.481. The molecule has 0 unspecified atom stereocenters. The van der Waals surface area contributed by atoms with E-state index in [0.29, 0.717) is 42.8 Å². The molecule has 0 bridgehead atoms. The third kappa shape index (κ3) is 6.14. The van der Waals surface area contributed by atoms with Crippen molar-refractivity contribution in [2.45, 2.75) is 38.5 Å². The number of methoxy groups -OCH3 is 1. The second-order valence-corrected chi connectivity index (χ2v) is 12.4. The molecule has 2 aromatic carbocycles. The Morgan fingerprint density at radius 1 is 1.08 bits per heavy atom. The summed E-state index contributed by atoms with van der Waals surface area (Å²) in [5.74, 6) is 1.08. The van der Waals surface area contributed by atoms with E-state index in [1.807, 2.05) is 18.2 Å². The van der Waals surface area contributed by atoms with E-state index in [4.69, 9.17) is 9.72 Å². The molecule has 0 N–H and O–H groups in total. The molecule has 0 atom stereocenters. The highest BCUT2D eigenvalue weighted by atomic mass is 32.2. The molecule has 200 valence electrons. The fourth-order valence-electron chi connectivity index (χ4n) is 4.50. The Hall–Kier alpha value is -2.53. The van der Waals surface area contributed by atoms with Gasteiger partial charge in [0.1, 0.15) is 5.75 Å². The number of anilines is 1. The molecule has 1 fully saturated rings. The van der Waals surface area contributed by atoms with E-state index in [2.05, 4.69) is 25.7 Å². The van der Waals surface area contributed by atoms with Gasteiger partial charge in [0, 0.05) is 31.7 Å². The number of carbonyl (C=O) groups is 1. The summed E-state index contributed by atoms with van der Waals surface area (Å²) in [5, 5.41) is 0.611. The van der Waals surface area contributed by atoms with Gasteiger partial charge in [0.05, 0.1) is 22.2 Å². The molecule has 0 radical (unpaired) electrons. The molecule has 1 aromatic heterocycles. The quantitative estimate of drug-likeness (QED) is 0.368. The van der Waals surface area contributed by atoms with Crippen LogP contribution in [0.2, 0.25) is 0 Å². The lowest BCUT2D eigenvalue weighted by atomic mass is 10.0. The predicted molar refractivity (Wildman–Crippen MR) is 149 cm³/mol. The van der Waals surface area contributed by atoms with Crippen molar-refractivity contribution < 1.29 is 17.9 Å². The number of rotatable bonds is 10. The first kappa shape index (κ1) is 27.5. The third-order valence-electron chi connectivity index (χ3n) is 7.08. The van der Waals surface area contributed by atoms with Crippen molar-refractivity contribution in [3.8, 4) is 5.75 Å². The number of hydrogen-bond donors (Lipinski definition) is 0. The van der Waals surface area contributed by atoms with Crippen molar-refractivity contribution in [3.63, 3.8) is 0 Å². The number of piperidine rings is 1. The zero-order chi connectivity index (χ0) is 26.6. The maximum Gasteiger partial charge on any atom is 0.260 e. The first-order chi connectivity index (χ1) is 17.8. The van der Waals surface area contributed by atoms with Crippen LogP contribution in [0.1, 0.15) is 44.0 Å². The van der Waals surface area contributed by atoms with Gasteiger partial charge in [0.15, 0.2) is 5.13 Å². The Balaban J connectivity index is 1.60. The summed E-state index contributed by atoms with van der Waals surface area (Å²) < 4.78 is 34.1. The molecule has 10 heteroatoms. The number of fused-ring (bicyclic) bond motifs is 1. The molecule has 8 nitrogen and oxygen atoms in total. The Bertz CT molecular complexity index is 1310. The fourth-order valence-corrected chi connectivity index (χ4v) is 6.99. The van der Waals surface area contributed by atoms with Crippen LogP contribution in [0.3, 0.4) is 0 Å². The summed E-state index contributed by atoms with van der Waals surface area (Å²) in [4.78, 5) is 22.6. The Morgan fingerprint density at radius 2 is 1.76 bits per heavy atom. The lowest BCUT2D eigenvalue weighted by molar-refractivity contribution is 0.0983. The maximum absolute atomic E-state index is 13.7. The van der Waals surface area contributed by atoms with Crippen molar-refractivity contribution in [1.29, 1.82) is 0 Å². The van der Waals surface area contributed by atoms with Crippen molar-refractivity contribution >= 4 is 42.6 Å². The Kier molecular flexibility index (Phi) is 8.84. The van der Waals surface area contributed by atoms with Crippen molar-refractivity contribution in [3.05, 3.63) is 48.0 Å². The molecule has 1 aliphatic rings. The highest BCUT2D eigenvalue weighted by molar-refractivity contribution is 7.89. The van der Waals surface area contributed by atoms with Gasteiger partial charge in [0.2, 0.25) is 10.0 Å². The average Bonchev–Trinajstić information content (AvgIpc) is 3.34. The normalized spacial score (nSPS) is 15.4. The summed E-state index contributed by atoms with van der Waals surface area (Å²) in [7, 11) is -1.95. The van der Waals surface area contributed by atoms with Crippen molar-refractivity contribution in [1.82, 2.24) is 14.2 Å². The van der Waals surface area contributed by atoms with Gasteiger partial charge in [-0.25, -0.2) is 13.4 Å². The van der Waals surface area contributed by atoms with E-state index < -0.39 is 10.0 Å². The third-order valence-corrected chi connectivity index (χ3v) is 10.0. The van der Waals surface area contributed by atoms with E-state index in [9.17, 15) is 13.2 Å². The summed E-state index contributed by atoms with van der Waals surface area (Å²) >= 11 is 1.44. The first-order valence-electron chi connectivity index (χ1n) is 12.9. The molecule has 0 spiro atoms. The number of hydrogen-bond acceptors (Lipinski definition) is 7. The average molecular weight is 545 g/mol. The summed E-state index contributed by atoms with van der Waals surface area (Å²) in [6.07, 6.45) is 1.73. The number of aromatic nitrogens is 1. The molecule has 3 aromatic rings. The van der Waals surface area contributed by atoms with Gasteiger partial charge in [-0.1, -0.05) is 32.1 Å². The minimum atomic E-state index is -3.57. The van der Waals surface area contributed by atoms with E-state index in [-0.39, 0.29) is 10.8 Å². The van der Waals surface area contributed by atoms with Crippen LogP contribution < -0.4 is 9.64 Å². The Labute approximate surface area is 223 Å². The van der Waals surface area contributed by atoms with Crippen LogP contribution in [-0.4, -0.2) is 74.9 Å². The van der Waals surface area contributed by atoms with E-state index in [1.165, 1.54) is 11.3 Å². The number of nitrogens with zero attached hydrogens (tertiary/aromatic N) is 4. The molecule has 2 heterocycles. The largest absolute Gasteiger partial charge is 0.497 e. The monoisotopic (exact) mass is 544 g/mol. The van der Waals surface area contributed by atoms with Crippen LogP contribution in [0, 0.1) is 5.92 Å². The lowest BCUT2D eigenvalue weighted by Gasteiger charge is -2.29. The van der Waals surface area contributed by atoms with Gasteiger partial charge in [-0.05, 0) is 74.3 Å². The van der Waals surface area contributed by atoms with E-state index in [0.717, 1.165) is 41.9 Å². The van der Waals surface area contributed by atoms with Gasteiger partial charge >= 0.3 is 0 Å². The van der Waals surface area contributed by atoms with Crippen molar-refractivity contribution in [2.24, 2.45) is 5.92 Å². The van der Waals surface area contributed by atoms with Crippen LogP contribution >= 0.6 is 11.3 Å². The second-order valence-electron chi connectivity index (χ2n) is 9.42. The van der Waals surface area contributed by atoms with Crippen LogP contribution in [0.25, 0.3) is 10.2 Å². The molecule has 1 amide bonds. The number of thiazole rings is 1. The summed E-state index contributed by atoms with van der Waals surface area (Å²) in [6, 6.07) is 12.0. The number of benzene rings is 2. The summed E-state index contributed by atoms with van der Waals surface area (Å²) in [5.41, 5.74) is 1.24. The van der Waals surface area contributed by atoms with Crippen LogP contribution in [0.15, 0.2) is 47.4 Å². The molecule has 0 aliphatic carbocycles. The molecule has 4 rings (SSSR count). The maximum atomic E-state index is 13.7. The van der Waals surface area contributed by atoms with Gasteiger partial charge in [-0.15, -0.1) is 0 Å². The number of ether oxygens (including phenoxy) is 1. The minimum absolute atomic E-state index is 0.200. The minimum Gasteiger partial charge on any atom is -0.497 e. The molecular weight excluding hydrogens is 508 g/mol. The van der Waals surface area contributed by atoms with Gasteiger partial charge in [-0.2, -0.15) is 4.31 Å². The lowest BCUT2D eigenvalue weighted by Crippen LogP contribution is -2.39. The summed E-state index contributed by atoms with van der Waals surface area (Å²) in [6.45, 7) is 10.4. The molecule has 1 saturated heterocycles. The SMILES string of the molecule is CCN(CC)CCN(C(=O)c1ccc(S(=O)(=O)N2CCC(C)CC2)cc1)c1nc2ccc(OC)cc2s1. The predicted octanol–water partition coefficient (Wildman–Crippen LogP) is 4.71. The smallest absolute Gasteiger partial charge is 0.260 e. The second kappa shape index (κ2) is 11.9. The van der Waals surface area contributed by atoms with Crippen LogP contribution in [-0.2, 0) is 10.0 Å². The first-order valence-corrected chi connectivity index (χ1v) is 15.1. The molecule has 0 saturated carbocycles. The molecular formula is C27H36N4O4S2. The van der Waals surface area contributed by atoms with Gasteiger partial charge < -0.3 is 9.64 Å². The van der Waals surface area contributed by atoms with Crippen LogP contribution in [0.4, 0.5) is 5.13 Å². The van der Waals surface area contributed by atoms with Crippen LogP contribution in [0.5, 0.6) is 5.75 Å². The number of carbonyl (C=O) groups excluding carboxylic acids is 1. The zero-order valence-electron chi connectivity index (χ0n) is 22.0. The Morgan fingerprint density at radius 3 is 2.38 bits per heavy atom. The number of sulfonamides is 1. The number of amides is 1. The van der Waals surface area contributed by atoms with Gasteiger partial charge in [0.25, 0.3) is 5.91 Å². The molecule has 37 heavy (non-hydrogen) atoms. The number of likely N-dealkylation sites (N-methyl/N-ethyl adjacent to an activating group) is 1. The van der Waals surface area contributed by atoms with Crippen molar-refractivity contribution in [2.75, 3.05) is 51.3 Å². The zero-order valence-corrected chi connectivity index (χ0v) is 23.6.